The summed E-state index contributed by atoms with van der Waals surface area (Å²) in [6.07, 6.45) is 6.09. The van der Waals surface area contributed by atoms with E-state index in [-0.39, 0.29) is 5.91 Å². The number of ether oxygens (including phenoxy) is 1. The Kier molecular flexibility index (Phi) is 5.66. The van der Waals surface area contributed by atoms with Crippen LogP contribution in [-0.4, -0.2) is 25.2 Å². The maximum atomic E-state index is 11.8. The summed E-state index contributed by atoms with van der Waals surface area (Å²) in [6, 6.07) is 1.85. The largest absolute Gasteiger partial charge is 0.378 e. The highest BCUT2D eigenvalue weighted by Crippen LogP contribution is 2.19. The Labute approximate surface area is 120 Å². The zero-order chi connectivity index (χ0) is 12.8. The third kappa shape index (κ3) is 4.37. The lowest BCUT2D eigenvalue weighted by molar-refractivity contribution is 0.0102. The van der Waals surface area contributed by atoms with E-state index in [1.165, 1.54) is 30.6 Å². The quantitative estimate of drug-likeness (QED) is 0.837. The van der Waals surface area contributed by atoms with Gasteiger partial charge in [-0.05, 0) is 54.1 Å². The molecule has 0 bridgehead atoms. The Balaban J connectivity index is 1.61. The van der Waals surface area contributed by atoms with Gasteiger partial charge in [0.05, 0.1) is 11.0 Å². The van der Waals surface area contributed by atoms with Crippen molar-refractivity contribution in [2.45, 2.75) is 38.2 Å². The summed E-state index contributed by atoms with van der Waals surface area (Å²) >= 11 is 4.81. The van der Waals surface area contributed by atoms with E-state index in [1.54, 1.807) is 0 Å². The summed E-state index contributed by atoms with van der Waals surface area (Å²) in [6.45, 7) is 1.63. The predicted octanol–water partition coefficient (Wildman–Crippen LogP) is 3.59. The van der Waals surface area contributed by atoms with Gasteiger partial charge in [0.1, 0.15) is 0 Å². The molecule has 0 spiro atoms. The standard InChI is InChI=1S/C13H18BrNO2S/c14-10-8-12(18-9-10)13(16)15-6-3-5-11-4-1-2-7-17-11/h8-9,11H,1-7H2,(H,15,16). The average Bonchev–Trinajstić information content (AvgIpc) is 2.82. The van der Waals surface area contributed by atoms with Crippen LogP contribution in [0.15, 0.2) is 15.9 Å². The van der Waals surface area contributed by atoms with Crippen molar-refractivity contribution in [2.75, 3.05) is 13.2 Å². The molecule has 100 valence electrons. The first-order valence-electron chi connectivity index (χ1n) is 6.39. The van der Waals surface area contributed by atoms with Crippen molar-refractivity contribution in [1.82, 2.24) is 5.32 Å². The third-order valence-electron chi connectivity index (χ3n) is 3.05. The monoisotopic (exact) mass is 331 g/mol. The Morgan fingerprint density at radius 3 is 3.11 bits per heavy atom. The van der Waals surface area contributed by atoms with Crippen molar-refractivity contribution < 1.29 is 9.53 Å². The zero-order valence-electron chi connectivity index (χ0n) is 10.3. The number of halogens is 1. The predicted molar refractivity (Wildman–Crippen MR) is 77.2 cm³/mol. The first-order valence-corrected chi connectivity index (χ1v) is 8.07. The molecule has 0 saturated carbocycles. The van der Waals surface area contributed by atoms with Gasteiger partial charge in [-0.2, -0.15) is 0 Å². The van der Waals surface area contributed by atoms with Crippen LogP contribution in [-0.2, 0) is 4.74 Å². The van der Waals surface area contributed by atoms with Crippen molar-refractivity contribution in [3.05, 3.63) is 20.8 Å². The van der Waals surface area contributed by atoms with Gasteiger partial charge in [-0.15, -0.1) is 11.3 Å². The number of carbonyl (C=O) groups excluding carboxylic acids is 1. The Morgan fingerprint density at radius 2 is 2.44 bits per heavy atom. The molecule has 1 aromatic rings. The fourth-order valence-electron chi connectivity index (χ4n) is 2.09. The average molecular weight is 332 g/mol. The Bertz CT molecular complexity index is 388. The van der Waals surface area contributed by atoms with Gasteiger partial charge in [-0.1, -0.05) is 0 Å². The maximum Gasteiger partial charge on any atom is 0.261 e. The van der Waals surface area contributed by atoms with Crippen molar-refractivity contribution in [3.8, 4) is 0 Å². The molecular weight excluding hydrogens is 314 g/mol. The summed E-state index contributed by atoms with van der Waals surface area (Å²) in [5.74, 6) is 0.0234. The molecule has 2 heterocycles. The van der Waals surface area contributed by atoms with Gasteiger partial charge in [0, 0.05) is 23.0 Å². The number of hydrogen-bond donors (Lipinski definition) is 1. The van der Waals surface area contributed by atoms with Crippen LogP contribution in [0.1, 0.15) is 41.8 Å². The molecule has 1 atom stereocenters. The molecule has 1 aliphatic rings. The molecule has 1 saturated heterocycles. The van der Waals surface area contributed by atoms with E-state index in [9.17, 15) is 4.79 Å². The van der Waals surface area contributed by atoms with Crippen LogP contribution < -0.4 is 5.32 Å². The number of thiophene rings is 1. The van der Waals surface area contributed by atoms with Gasteiger partial charge < -0.3 is 10.1 Å². The van der Waals surface area contributed by atoms with Crippen molar-refractivity contribution >= 4 is 33.2 Å². The minimum atomic E-state index is 0.0234. The van der Waals surface area contributed by atoms with Gasteiger partial charge in [0.2, 0.25) is 0 Å². The highest BCUT2D eigenvalue weighted by Gasteiger charge is 2.13. The molecule has 1 fully saturated rings. The van der Waals surface area contributed by atoms with Crippen LogP contribution >= 0.6 is 27.3 Å². The fraction of sp³-hybridized carbons (Fsp3) is 0.615. The van der Waals surface area contributed by atoms with Crippen molar-refractivity contribution in [1.29, 1.82) is 0 Å². The molecule has 1 N–H and O–H groups in total. The Hall–Kier alpha value is -0.390. The van der Waals surface area contributed by atoms with E-state index in [0.29, 0.717) is 6.10 Å². The first kappa shape index (κ1) is 14.0. The van der Waals surface area contributed by atoms with Crippen molar-refractivity contribution in [2.24, 2.45) is 0 Å². The third-order valence-corrected chi connectivity index (χ3v) is 4.74. The maximum absolute atomic E-state index is 11.8. The number of nitrogens with one attached hydrogen (secondary N) is 1. The van der Waals surface area contributed by atoms with Gasteiger partial charge >= 0.3 is 0 Å². The molecule has 5 heteroatoms. The highest BCUT2D eigenvalue weighted by molar-refractivity contribution is 9.10. The lowest BCUT2D eigenvalue weighted by Gasteiger charge is -2.22. The minimum absolute atomic E-state index is 0.0234. The normalized spacial score (nSPS) is 19.7. The highest BCUT2D eigenvalue weighted by atomic mass is 79.9. The summed E-state index contributed by atoms with van der Waals surface area (Å²) in [7, 11) is 0. The zero-order valence-corrected chi connectivity index (χ0v) is 12.7. The second-order valence-corrected chi connectivity index (χ2v) is 6.34. The van der Waals surface area contributed by atoms with Crippen LogP contribution in [0.3, 0.4) is 0 Å². The first-order chi connectivity index (χ1) is 8.75. The fourth-order valence-corrected chi connectivity index (χ4v) is 3.43. The molecule has 0 aliphatic carbocycles. The van der Waals surface area contributed by atoms with Crippen LogP contribution in [0, 0.1) is 0 Å². The van der Waals surface area contributed by atoms with Crippen LogP contribution in [0.4, 0.5) is 0 Å². The van der Waals surface area contributed by atoms with Crippen LogP contribution in [0.2, 0.25) is 0 Å². The van der Waals surface area contributed by atoms with Crippen LogP contribution in [0.25, 0.3) is 0 Å². The lowest BCUT2D eigenvalue weighted by atomic mass is 10.0. The molecule has 1 aliphatic heterocycles. The molecule has 1 unspecified atom stereocenters. The Morgan fingerprint density at radius 1 is 1.56 bits per heavy atom. The van der Waals surface area contributed by atoms with Gasteiger partial charge in [0.15, 0.2) is 0 Å². The molecule has 0 radical (unpaired) electrons. The van der Waals surface area contributed by atoms with E-state index < -0.39 is 0 Å². The van der Waals surface area contributed by atoms with E-state index in [0.717, 1.165) is 35.3 Å². The van der Waals surface area contributed by atoms with Gasteiger partial charge in [-0.3, -0.25) is 4.79 Å². The van der Waals surface area contributed by atoms with E-state index in [2.05, 4.69) is 21.2 Å². The number of carbonyl (C=O) groups is 1. The molecule has 1 amide bonds. The molecule has 18 heavy (non-hydrogen) atoms. The molecule has 0 aromatic carbocycles. The molecule has 3 nitrogen and oxygen atoms in total. The number of amides is 1. The molecule has 1 aromatic heterocycles. The number of hydrogen-bond acceptors (Lipinski definition) is 3. The van der Waals surface area contributed by atoms with Gasteiger partial charge in [-0.25, -0.2) is 0 Å². The van der Waals surface area contributed by atoms with E-state index >= 15 is 0 Å². The van der Waals surface area contributed by atoms with Gasteiger partial charge in [0.25, 0.3) is 5.91 Å². The van der Waals surface area contributed by atoms with E-state index in [4.69, 9.17) is 4.74 Å². The van der Waals surface area contributed by atoms with Crippen molar-refractivity contribution in [3.63, 3.8) is 0 Å². The smallest absolute Gasteiger partial charge is 0.261 e. The van der Waals surface area contributed by atoms with E-state index in [1.807, 2.05) is 11.4 Å². The SMILES string of the molecule is O=C(NCCCC1CCCCO1)c1cc(Br)cs1. The summed E-state index contributed by atoms with van der Waals surface area (Å²) < 4.78 is 6.62. The molecule has 2 rings (SSSR count). The lowest BCUT2D eigenvalue weighted by Crippen LogP contribution is -2.25. The van der Waals surface area contributed by atoms with Crippen LogP contribution in [0.5, 0.6) is 0 Å². The second kappa shape index (κ2) is 7.26. The summed E-state index contributed by atoms with van der Waals surface area (Å²) in [5, 5.41) is 4.87. The molecular formula is C13H18BrNO2S. The minimum Gasteiger partial charge on any atom is -0.378 e. The summed E-state index contributed by atoms with van der Waals surface area (Å²) in [5.41, 5.74) is 0. The summed E-state index contributed by atoms with van der Waals surface area (Å²) in [4.78, 5) is 12.5. The topological polar surface area (TPSA) is 38.3 Å². The number of rotatable bonds is 5. The second-order valence-electron chi connectivity index (χ2n) is 4.52.